The third-order valence-corrected chi connectivity index (χ3v) is 5.71. The van der Waals surface area contributed by atoms with E-state index in [2.05, 4.69) is 55.5 Å². The van der Waals surface area contributed by atoms with Gasteiger partial charge < -0.3 is 9.64 Å². The molecular weight excluding hydrogens is 346 g/mol. The molecule has 3 aromatic rings. The molecule has 0 unspecified atom stereocenters. The van der Waals surface area contributed by atoms with E-state index in [0.717, 1.165) is 12.0 Å². The first-order chi connectivity index (χ1) is 13.7. The van der Waals surface area contributed by atoms with E-state index >= 15 is 0 Å². The Kier molecular flexibility index (Phi) is 5.16. The Balaban J connectivity index is 1.59. The maximum Gasteiger partial charge on any atom is 0.410 e. The van der Waals surface area contributed by atoms with Crippen LogP contribution in [0.15, 0.2) is 91.0 Å². The Bertz CT molecular complexity index is 870. The van der Waals surface area contributed by atoms with Crippen molar-refractivity contribution >= 4 is 6.09 Å². The van der Waals surface area contributed by atoms with E-state index < -0.39 is 0 Å². The Morgan fingerprint density at radius 1 is 0.893 bits per heavy atom. The fourth-order valence-electron chi connectivity index (χ4n) is 4.27. The second kappa shape index (κ2) is 7.89. The van der Waals surface area contributed by atoms with Gasteiger partial charge in [-0.3, -0.25) is 0 Å². The number of hydrogen-bond acceptors (Lipinski definition) is 2. The Morgan fingerprint density at radius 3 is 1.93 bits per heavy atom. The van der Waals surface area contributed by atoms with Crippen LogP contribution in [0.2, 0.25) is 0 Å². The van der Waals surface area contributed by atoms with Crippen LogP contribution in [0.3, 0.4) is 0 Å². The van der Waals surface area contributed by atoms with Crippen LogP contribution in [0, 0.1) is 0 Å². The minimum atomic E-state index is -0.245. The normalized spacial score (nSPS) is 18.0. The van der Waals surface area contributed by atoms with E-state index in [-0.39, 0.29) is 17.6 Å². The highest BCUT2D eigenvalue weighted by Gasteiger charge is 2.46. The zero-order valence-corrected chi connectivity index (χ0v) is 16.1. The van der Waals surface area contributed by atoms with Gasteiger partial charge in [0.25, 0.3) is 0 Å². The predicted octanol–water partition coefficient (Wildman–Crippen LogP) is 5.40. The van der Waals surface area contributed by atoms with Crippen LogP contribution in [-0.4, -0.2) is 23.6 Å². The van der Waals surface area contributed by atoms with Crippen molar-refractivity contribution < 1.29 is 9.53 Å². The van der Waals surface area contributed by atoms with E-state index in [9.17, 15) is 4.79 Å². The van der Waals surface area contributed by atoms with Crippen LogP contribution in [0.25, 0.3) is 0 Å². The van der Waals surface area contributed by atoms with Crippen molar-refractivity contribution in [3.8, 4) is 0 Å². The highest BCUT2D eigenvalue weighted by atomic mass is 16.6. The molecule has 1 amide bonds. The van der Waals surface area contributed by atoms with Gasteiger partial charge in [0, 0.05) is 18.0 Å². The van der Waals surface area contributed by atoms with Crippen LogP contribution in [0.1, 0.15) is 30.0 Å². The number of rotatable bonds is 4. The summed E-state index contributed by atoms with van der Waals surface area (Å²) < 4.78 is 5.63. The maximum atomic E-state index is 12.9. The molecule has 1 fully saturated rings. The van der Waals surface area contributed by atoms with Gasteiger partial charge in [-0.1, -0.05) is 91.0 Å². The average molecular weight is 371 g/mol. The van der Waals surface area contributed by atoms with Crippen LogP contribution in [0.5, 0.6) is 0 Å². The van der Waals surface area contributed by atoms with Gasteiger partial charge in [-0.15, -0.1) is 0 Å². The molecule has 1 heterocycles. The summed E-state index contributed by atoms with van der Waals surface area (Å²) in [5.41, 5.74) is 3.27. The molecule has 1 aliphatic heterocycles. The molecule has 0 radical (unpaired) electrons. The smallest absolute Gasteiger partial charge is 0.410 e. The summed E-state index contributed by atoms with van der Waals surface area (Å²) in [6.45, 7) is 3.03. The molecule has 0 saturated carbocycles. The first kappa shape index (κ1) is 18.3. The van der Waals surface area contributed by atoms with Gasteiger partial charge >= 0.3 is 6.09 Å². The van der Waals surface area contributed by atoms with Gasteiger partial charge in [-0.2, -0.15) is 0 Å². The van der Waals surface area contributed by atoms with Crippen LogP contribution >= 0.6 is 0 Å². The largest absolute Gasteiger partial charge is 0.445 e. The Hall–Kier alpha value is -3.07. The van der Waals surface area contributed by atoms with Gasteiger partial charge in [0.1, 0.15) is 6.61 Å². The van der Waals surface area contributed by atoms with Crippen molar-refractivity contribution in [2.75, 3.05) is 6.54 Å². The van der Waals surface area contributed by atoms with E-state index in [1.165, 1.54) is 11.1 Å². The summed E-state index contributed by atoms with van der Waals surface area (Å²) in [6, 6.07) is 30.9. The molecule has 0 bridgehead atoms. The third kappa shape index (κ3) is 3.53. The van der Waals surface area contributed by atoms with E-state index in [4.69, 9.17) is 4.74 Å². The van der Waals surface area contributed by atoms with Crippen molar-refractivity contribution in [3.63, 3.8) is 0 Å². The summed E-state index contributed by atoms with van der Waals surface area (Å²) in [7, 11) is 0. The number of likely N-dealkylation sites (tertiary alicyclic amines) is 1. The summed E-state index contributed by atoms with van der Waals surface area (Å²) in [6.07, 6.45) is 0.631. The first-order valence-corrected chi connectivity index (χ1v) is 9.77. The fraction of sp³-hybridized carbons (Fsp3) is 0.240. The fourth-order valence-corrected chi connectivity index (χ4v) is 4.27. The molecule has 0 aromatic heterocycles. The molecule has 3 nitrogen and oxygen atoms in total. The SMILES string of the molecule is C[C@H]1CC(c2ccccc2)(c2ccccc2)CN1C(=O)OCc1ccccc1. The van der Waals surface area contributed by atoms with Crippen molar-refractivity contribution in [2.24, 2.45) is 0 Å². The molecule has 3 heteroatoms. The lowest BCUT2D eigenvalue weighted by Crippen LogP contribution is -2.37. The second-order valence-corrected chi connectivity index (χ2v) is 7.54. The molecule has 3 aromatic carbocycles. The minimum absolute atomic E-state index is 0.101. The van der Waals surface area contributed by atoms with Crippen molar-refractivity contribution in [1.82, 2.24) is 4.90 Å². The van der Waals surface area contributed by atoms with E-state index in [1.54, 1.807) is 0 Å². The van der Waals surface area contributed by atoms with Gasteiger partial charge in [0.15, 0.2) is 0 Å². The zero-order valence-electron chi connectivity index (χ0n) is 16.1. The summed E-state index contributed by atoms with van der Waals surface area (Å²) in [5, 5.41) is 0. The molecule has 142 valence electrons. The molecule has 1 saturated heterocycles. The quantitative estimate of drug-likeness (QED) is 0.614. The monoisotopic (exact) mass is 371 g/mol. The lowest BCUT2D eigenvalue weighted by molar-refractivity contribution is 0.0934. The number of carbonyl (C=O) groups excluding carboxylic acids is 1. The molecule has 28 heavy (non-hydrogen) atoms. The van der Waals surface area contributed by atoms with Gasteiger partial charge in [0.05, 0.1) is 0 Å². The number of amides is 1. The number of nitrogens with zero attached hydrogens (tertiary/aromatic N) is 1. The highest BCUT2D eigenvalue weighted by molar-refractivity contribution is 5.69. The lowest BCUT2D eigenvalue weighted by Gasteiger charge is -2.30. The third-order valence-electron chi connectivity index (χ3n) is 5.71. The molecule has 1 aliphatic rings. The minimum Gasteiger partial charge on any atom is -0.445 e. The van der Waals surface area contributed by atoms with E-state index in [1.807, 2.05) is 47.4 Å². The van der Waals surface area contributed by atoms with Crippen molar-refractivity contribution in [3.05, 3.63) is 108 Å². The van der Waals surface area contributed by atoms with Crippen LogP contribution < -0.4 is 0 Å². The predicted molar refractivity (Wildman–Crippen MR) is 111 cm³/mol. The Labute approximate surface area is 166 Å². The molecule has 1 atom stereocenters. The summed E-state index contributed by atoms with van der Waals surface area (Å²) in [4.78, 5) is 14.8. The number of benzene rings is 3. The Morgan fingerprint density at radius 2 is 1.39 bits per heavy atom. The first-order valence-electron chi connectivity index (χ1n) is 9.77. The molecule has 4 rings (SSSR count). The van der Waals surface area contributed by atoms with Gasteiger partial charge in [0.2, 0.25) is 0 Å². The second-order valence-electron chi connectivity index (χ2n) is 7.54. The number of hydrogen-bond donors (Lipinski definition) is 0. The van der Waals surface area contributed by atoms with Crippen molar-refractivity contribution in [1.29, 1.82) is 0 Å². The van der Waals surface area contributed by atoms with Crippen LogP contribution in [0.4, 0.5) is 4.79 Å². The number of carbonyl (C=O) groups is 1. The summed E-state index contributed by atoms with van der Waals surface area (Å²) >= 11 is 0. The molecule has 0 N–H and O–H groups in total. The summed E-state index contributed by atoms with van der Waals surface area (Å²) in [5.74, 6) is 0. The lowest BCUT2D eigenvalue weighted by atomic mass is 9.73. The standard InChI is InChI=1S/C25H25NO2/c1-20-17-25(22-13-7-3-8-14-22,23-15-9-4-10-16-23)19-26(20)24(27)28-18-21-11-5-2-6-12-21/h2-16,20H,17-19H2,1H3/t20-/m0/s1. The van der Waals surface area contributed by atoms with Crippen molar-refractivity contribution in [2.45, 2.75) is 31.4 Å². The van der Waals surface area contributed by atoms with Crippen LogP contribution in [-0.2, 0) is 16.8 Å². The van der Waals surface area contributed by atoms with Gasteiger partial charge in [-0.05, 0) is 30.0 Å². The molecular formula is C25H25NO2. The average Bonchev–Trinajstić information content (AvgIpc) is 3.13. The number of ether oxygens (including phenoxy) is 1. The highest BCUT2D eigenvalue weighted by Crippen LogP contribution is 2.43. The van der Waals surface area contributed by atoms with Gasteiger partial charge in [-0.25, -0.2) is 4.79 Å². The topological polar surface area (TPSA) is 29.5 Å². The maximum absolute atomic E-state index is 12.9. The molecule has 0 aliphatic carbocycles. The van der Waals surface area contributed by atoms with E-state index in [0.29, 0.717) is 13.2 Å². The molecule has 0 spiro atoms. The zero-order chi connectivity index (χ0) is 19.4.